The summed E-state index contributed by atoms with van der Waals surface area (Å²) in [6.07, 6.45) is 0. The number of esters is 1. The maximum atomic E-state index is 13.7. The number of hydrogen-bond donors (Lipinski definition) is 2. The number of anilines is 2. The normalized spacial score (nSPS) is 10.3. The van der Waals surface area contributed by atoms with Crippen molar-refractivity contribution < 1.29 is 28.2 Å². The molecule has 0 bridgehead atoms. The van der Waals surface area contributed by atoms with E-state index in [4.69, 9.17) is 9.47 Å². The number of para-hydroxylation sites is 3. The summed E-state index contributed by atoms with van der Waals surface area (Å²) in [5, 5.41) is 5.17. The van der Waals surface area contributed by atoms with Gasteiger partial charge < -0.3 is 20.1 Å². The number of carbonyl (C=O) groups is 3. The second kappa shape index (κ2) is 12.1. The first kappa shape index (κ1) is 25.1. The van der Waals surface area contributed by atoms with Gasteiger partial charge in [-0.2, -0.15) is 0 Å². The average molecular weight is 499 g/mol. The van der Waals surface area contributed by atoms with Gasteiger partial charge in [0.05, 0.1) is 5.69 Å². The smallest absolute Gasteiger partial charge is 0.342 e. The van der Waals surface area contributed by atoms with E-state index in [1.165, 1.54) is 30.3 Å². The molecule has 0 fully saturated rings. The highest BCUT2D eigenvalue weighted by Crippen LogP contribution is 2.27. The zero-order valence-corrected chi connectivity index (χ0v) is 19.6. The lowest BCUT2D eigenvalue weighted by Crippen LogP contribution is -2.23. The molecule has 0 saturated heterocycles. The minimum atomic E-state index is -0.795. The van der Waals surface area contributed by atoms with Gasteiger partial charge in [0.2, 0.25) is 0 Å². The molecule has 4 aromatic rings. The molecular formula is C29H23FN2O5. The van der Waals surface area contributed by atoms with Crippen LogP contribution in [0.2, 0.25) is 0 Å². The Hall–Kier alpha value is -4.98. The fourth-order valence-electron chi connectivity index (χ4n) is 3.51. The lowest BCUT2D eigenvalue weighted by Gasteiger charge is -2.13. The SMILES string of the molecule is O=C(COc1ccccc1C(=O)OCC(=O)Nc1ccccc1-c1ccccc1)Nc1ccccc1F. The van der Waals surface area contributed by atoms with Gasteiger partial charge in [-0.3, -0.25) is 9.59 Å². The van der Waals surface area contributed by atoms with Gasteiger partial charge in [-0.15, -0.1) is 0 Å². The van der Waals surface area contributed by atoms with E-state index < -0.39 is 36.8 Å². The molecule has 0 aliphatic heterocycles. The third-order valence-corrected chi connectivity index (χ3v) is 5.23. The van der Waals surface area contributed by atoms with Crippen molar-refractivity contribution in [1.29, 1.82) is 0 Å². The average Bonchev–Trinajstić information content (AvgIpc) is 2.93. The Kier molecular flexibility index (Phi) is 8.23. The van der Waals surface area contributed by atoms with Crippen molar-refractivity contribution in [1.82, 2.24) is 0 Å². The molecule has 0 unspecified atom stereocenters. The second-order valence-corrected chi connectivity index (χ2v) is 7.85. The number of rotatable bonds is 9. The summed E-state index contributed by atoms with van der Waals surface area (Å²) >= 11 is 0. The Labute approximate surface area is 212 Å². The van der Waals surface area contributed by atoms with Gasteiger partial charge >= 0.3 is 5.97 Å². The summed E-state index contributed by atoms with van der Waals surface area (Å²) in [6, 6.07) is 28.8. The standard InChI is InChI=1S/C29H23FN2O5/c30-23-14-6-8-16-25(23)32-27(33)18-36-26-17-9-5-13-22(26)29(35)37-19-28(34)31-24-15-7-4-12-21(24)20-10-2-1-3-11-20/h1-17H,18-19H2,(H,31,34)(H,32,33). The predicted octanol–water partition coefficient (Wildman–Crippen LogP) is 5.31. The topological polar surface area (TPSA) is 93.7 Å². The molecule has 0 saturated carbocycles. The fraction of sp³-hybridized carbons (Fsp3) is 0.0690. The molecule has 4 rings (SSSR count). The molecule has 0 heterocycles. The number of halogens is 1. The molecule has 4 aromatic carbocycles. The fourth-order valence-corrected chi connectivity index (χ4v) is 3.51. The highest BCUT2D eigenvalue weighted by molar-refractivity contribution is 5.99. The zero-order valence-electron chi connectivity index (χ0n) is 19.6. The predicted molar refractivity (Wildman–Crippen MR) is 138 cm³/mol. The van der Waals surface area contributed by atoms with E-state index in [1.54, 1.807) is 30.3 Å². The van der Waals surface area contributed by atoms with Gasteiger partial charge in [-0.05, 0) is 35.9 Å². The first-order chi connectivity index (χ1) is 18.0. The summed E-state index contributed by atoms with van der Waals surface area (Å²) in [7, 11) is 0. The Morgan fingerprint density at radius 2 is 1.24 bits per heavy atom. The summed E-state index contributed by atoms with van der Waals surface area (Å²) in [5.41, 5.74) is 2.40. The van der Waals surface area contributed by atoms with Crippen LogP contribution < -0.4 is 15.4 Å². The van der Waals surface area contributed by atoms with Gasteiger partial charge in [0.25, 0.3) is 11.8 Å². The number of benzene rings is 4. The Morgan fingerprint density at radius 3 is 2.03 bits per heavy atom. The molecule has 2 amide bonds. The third-order valence-electron chi connectivity index (χ3n) is 5.23. The highest BCUT2D eigenvalue weighted by atomic mass is 19.1. The molecule has 0 aliphatic carbocycles. The quantitative estimate of drug-likeness (QED) is 0.305. The number of amides is 2. The molecular weight excluding hydrogens is 475 g/mol. The van der Waals surface area contributed by atoms with Crippen molar-refractivity contribution in [2.24, 2.45) is 0 Å². The summed E-state index contributed by atoms with van der Waals surface area (Å²) in [5.74, 6) is -2.41. The third kappa shape index (κ3) is 6.79. The van der Waals surface area contributed by atoms with Crippen molar-refractivity contribution in [3.8, 4) is 16.9 Å². The van der Waals surface area contributed by atoms with Gasteiger partial charge in [0, 0.05) is 11.3 Å². The largest absolute Gasteiger partial charge is 0.483 e. The second-order valence-electron chi connectivity index (χ2n) is 7.85. The van der Waals surface area contributed by atoms with Crippen LogP contribution in [0.25, 0.3) is 11.1 Å². The van der Waals surface area contributed by atoms with E-state index >= 15 is 0 Å². The van der Waals surface area contributed by atoms with Crippen molar-refractivity contribution in [3.05, 3.63) is 115 Å². The van der Waals surface area contributed by atoms with E-state index in [9.17, 15) is 18.8 Å². The van der Waals surface area contributed by atoms with E-state index in [0.717, 1.165) is 11.1 Å². The van der Waals surface area contributed by atoms with Crippen LogP contribution in [0.4, 0.5) is 15.8 Å². The molecule has 186 valence electrons. The van der Waals surface area contributed by atoms with E-state index in [-0.39, 0.29) is 17.0 Å². The molecule has 0 spiro atoms. The Morgan fingerprint density at radius 1 is 0.649 bits per heavy atom. The van der Waals surface area contributed by atoms with Crippen LogP contribution in [-0.2, 0) is 14.3 Å². The van der Waals surface area contributed by atoms with Gasteiger partial charge in [0.1, 0.15) is 17.1 Å². The molecule has 0 aromatic heterocycles. The summed E-state index contributed by atoms with van der Waals surface area (Å²) < 4.78 is 24.4. The zero-order chi connectivity index (χ0) is 26.0. The van der Waals surface area contributed by atoms with Crippen LogP contribution in [0.1, 0.15) is 10.4 Å². The Balaban J connectivity index is 1.34. The molecule has 37 heavy (non-hydrogen) atoms. The van der Waals surface area contributed by atoms with Gasteiger partial charge in [-0.25, -0.2) is 9.18 Å². The maximum Gasteiger partial charge on any atom is 0.342 e. The van der Waals surface area contributed by atoms with Crippen LogP contribution >= 0.6 is 0 Å². The van der Waals surface area contributed by atoms with Crippen LogP contribution in [-0.4, -0.2) is 31.0 Å². The maximum absolute atomic E-state index is 13.7. The minimum Gasteiger partial charge on any atom is -0.483 e. The molecule has 0 radical (unpaired) electrons. The Bertz CT molecular complexity index is 1410. The van der Waals surface area contributed by atoms with Crippen LogP contribution in [0.3, 0.4) is 0 Å². The van der Waals surface area contributed by atoms with Gasteiger partial charge in [0.15, 0.2) is 13.2 Å². The first-order valence-electron chi connectivity index (χ1n) is 11.4. The van der Waals surface area contributed by atoms with E-state index in [0.29, 0.717) is 5.69 Å². The molecule has 0 atom stereocenters. The van der Waals surface area contributed by atoms with Crippen molar-refractivity contribution >= 4 is 29.2 Å². The number of hydrogen-bond acceptors (Lipinski definition) is 5. The lowest BCUT2D eigenvalue weighted by atomic mass is 10.0. The highest BCUT2D eigenvalue weighted by Gasteiger charge is 2.17. The van der Waals surface area contributed by atoms with Crippen LogP contribution in [0.5, 0.6) is 5.75 Å². The van der Waals surface area contributed by atoms with E-state index in [2.05, 4.69) is 10.6 Å². The van der Waals surface area contributed by atoms with Crippen molar-refractivity contribution in [2.75, 3.05) is 23.8 Å². The van der Waals surface area contributed by atoms with E-state index in [1.807, 2.05) is 42.5 Å². The number of nitrogens with one attached hydrogen (secondary N) is 2. The number of carbonyl (C=O) groups excluding carboxylic acids is 3. The minimum absolute atomic E-state index is 0.0173. The monoisotopic (exact) mass is 498 g/mol. The molecule has 8 heteroatoms. The molecule has 0 aliphatic rings. The van der Waals surface area contributed by atoms with Gasteiger partial charge in [-0.1, -0.05) is 72.8 Å². The molecule has 7 nitrogen and oxygen atoms in total. The summed E-state index contributed by atoms with van der Waals surface area (Å²) in [4.78, 5) is 37.4. The van der Waals surface area contributed by atoms with Crippen LogP contribution in [0, 0.1) is 5.82 Å². The lowest BCUT2D eigenvalue weighted by molar-refractivity contribution is -0.119. The summed E-state index contributed by atoms with van der Waals surface area (Å²) in [6.45, 7) is -0.987. The number of ether oxygens (including phenoxy) is 2. The van der Waals surface area contributed by atoms with Crippen molar-refractivity contribution in [3.63, 3.8) is 0 Å². The first-order valence-corrected chi connectivity index (χ1v) is 11.4. The van der Waals surface area contributed by atoms with Crippen molar-refractivity contribution in [2.45, 2.75) is 0 Å². The van der Waals surface area contributed by atoms with Crippen LogP contribution in [0.15, 0.2) is 103 Å². The molecule has 2 N–H and O–H groups in total.